The zero-order chi connectivity index (χ0) is 27.7. The predicted octanol–water partition coefficient (Wildman–Crippen LogP) is 3.93. The number of aliphatic hydroxyl groups is 2. The highest BCUT2D eigenvalue weighted by atomic mass is 16.6. The molecule has 0 amide bonds. The van der Waals surface area contributed by atoms with Gasteiger partial charge in [-0.2, -0.15) is 0 Å². The Bertz CT molecular complexity index is 1100. The lowest BCUT2D eigenvalue weighted by Gasteiger charge is -2.52. The van der Waals surface area contributed by atoms with Gasteiger partial charge in [0.1, 0.15) is 6.10 Å². The SMILES string of the molecule is C/C=C(/C)C(=O)O[C@@H]1[C@@H](C)[C@]2(O)[C@@H]3C=C(C)C(=O)[C@@H]3CC(CO)=C[C@H]2[C@@H]2C(C)(C)[C@]12OC(=O)[C@@H](C)CC. The molecule has 2 fully saturated rings. The molecule has 0 aromatic heterocycles. The zero-order valence-corrected chi connectivity index (χ0v) is 23.3. The molecule has 0 bridgehead atoms. The number of carbonyl (C=O) groups excluding carboxylic acids is 3. The molecule has 4 rings (SSSR count). The number of carbonyl (C=O) groups is 3. The fraction of sp³-hybridized carbons (Fsp3) is 0.700. The summed E-state index contributed by atoms with van der Waals surface area (Å²) in [5, 5.41) is 22.9. The summed E-state index contributed by atoms with van der Waals surface area (Å²) in [7, 11) is 0. The monoisotopic (exact) mass is 514 g/mol. The Balaban J connectivity index is 1.92. The van der Waals surface area contributed by atoms with Crippen molar-refractivity contribution in [2.45, 2.75) is 85.5 Å². The average Bonchev–Trinajstić information content (AvgIpc) is 3.26. The van der Waals surface area contributed by atoms with Crippen molar-refractivity contribution in [1.29, 1.82) is 0 Å². The molecule has 0 aromatic carbocycles. The number of ketones is 1. The second-order valence-corrected chi connectivity index (χ2v) is 12.3. The average molecular weight is 515 g/mol. The third-order valence-corrected chi connectivity index (χ3v) is 10.2. The lowest BCUT2D eigenvalue weighted by Crippen LogP contribution is -2.63. The molecule has 4 aliphatic rings. The van der Waals surface area contributed by atoms with E-state index in [1.807, 2.05) is 46.8 Å². The number of allylic oxidation sites excluding steroid dienone is 2. The van der Waals surface area contributed by atoms with Crippen LogP contribution < -0.4 is 0 Å². The third-order valence-electron chi connectivity index (χ3n) is 10.2. The summed E-state index contributed by atoms with van der Waals surface area (Å²) in [4.78, 5) is 39.5. The molecule has 0 unspecified atom stereocenters. The van der Waals surface area contributed by atoms with Crippen LogP contribution in [-0.4, -0.2) is 51.8 Å². The molecule has 2 saturated carbocycles. The van der Waals surface area contributed by atoms with Crippen molar-refractivity contribution < 1.29 is 34.1 Å². The first kappa shape index (κ1) is 27.8. The van der Waals surface area contributed by atoms with Gasteiger partial charge in [-0.05, 0) is 44.8 Å². The third kappa shape index (κ3) is 3.71. The van der Waals surface area contributed by atoms with Gasteiger partial charge in [0.25, 0.3) is 0 Å². The molecular formula is C30H42O7. The molecule has 0 saturated heterocycles. The van der Waals surface area contributed by atoms with Gasteiger partial charge in [-0.1, -0.05) is 52.8 Å². The van der Waals surface area contributed by atoms with Gasteiger partial charge < -0.3 is 19.7 Å². The van der Waals surface area contributed by atoms with Crippen molar-refractivity contribution in [3.63, 3.8) is 0 Å². The van der Waals surface area contributed by atoms with Crippen LogP contribution in [0.15, 0.2) is 34.9 Å². The van der Waals surface area contributed by atoms with Crippen molar-refractivity contribution in [3.8, 4) is 0 Å². The number of Topliss-reactive ketones (excluding diaryl/α,β-unsaturated/α-hetero) is 1. The summed E-state index contributed by atoms with van der Waals surface area (Å²) in [6.45, 7) is 14.5. The van der Waals surface area contributed by atoms with Gasteiger partial charge in [0, 0.05) is 40.6 Å². The van der Waals surface area contributed by atoms with Crippen molar-refractivity contribution in [2.75, 3.05) is 6.61 Å². The van der Waals surface area contributed by atoms with Crippen LogP contribution in [-0.2, 0) is 23.9 Å². The second-order valence-electron chi connectivity index (χ2n) is 12.3. The first-order valence-corrected chi connectivity index (χ1v) is 13.6. The fourth-order valence-corrected chi connectivity index (χ4v) is 7.52. The first-order valence-electron chi connectivity index (χ1n) is 13.6. The minimum Gasteiger partial charge on any atom is -0.454 e. The predicted molar refractivity (Wildman–Crippen MR) is 138 cm³/mol. The number of hydrogen-bond acceptors (Lipinski definition) is 7. The highest BCUT2D eigenvalue weighted by Crippen LogP contribution is 2.77. The standard InChI is InChI=1S/C30H42O7/c1-9-15(3)26(33)36-25-18(6)29(35)21-11-17(5)23(32)20(21)12-19(14-31)13-22(29)24-28(7,8)30(24,25)37-27(34)16(4)10-2/h9,11,13,16,18,20-22,24-25,31,35H,10,12,14H2,1-8H3/b15-9-/t16-,18+,20+,21+,22-,24+,25+,29-,30+/m0/s1. The van der Waals surface area contributed by atoms with Gasteiger partial charge in [0.15, 0.2) is 11.4 Å². The van der Waals surface area contributed by atoms with E-state index in [0.29, 0.717) is 29.6 Å². The summed E-state index contributed by atoms with van der Waals surface area (Å²) < 4.78 is 12.5. The number of fused-ring (bicyclic) bond motifs is 5. The lowest BCUT2D eigenvalue weighted by molar-refractivity contribution is -0.220. The van der Waals surface area contributed by atoms with Crippen LogP contribution in [0.1, 0.15) is 68.2 Å². The fourth-order valence-electron chi connectivity index (χ4n) is 7.52. The summed E-state index contributed by atoms with van der Waals surface area (Å²) in [6, 6.07) is 0. The molecule has 0 aliphatic heterocycles. The van der Waals surface area contributed by atoms with E-state index in [-0.39, 0.29) is 30.2 Å². The van der Waals surface area contributed by atoms with E-state index in [1.165, 1.54) is 0 Å². The van der Waals surface area contributed by atoms with Crippen molar-refractivity contribution in [3.05, 3.63) is 34.9 Å². The summed E-state index contributed by atoms with van der Waals surface area (Å²) in [6.07, 6.45) is 5.47. The van der Waals surface area contributed by atoms with Gasteiger partial charge in [0.2, 0.25) is 0 Å². The molecule has 0 aromatic rings. The number of ether oxygens (including phenoxy) is 2. The maximum absolute atomic E-state index is 13.2. The smallest absolute Gasteiger partial charge is 0.333 e. The highest BCUT2D eigenvalue weighted by molar-refractivity contribution is 6.00. The van der Waals surface area contributed by atoms with Crippen LogP contribution in [0, 0.1) is 40.9 Å². The molecule has 2 N–H and O–H groups in total. The van der Waals surface area contributed by atoms with Gasteiger partial charge in [0.05, 0.1) is 18.1 Å². The molecule has 9 atom stereocenters. The maximum atomic E-state index is 13.2. The summed E-state index contributed by atoms with van der Waals surface area (Å²) >= 11 is 0. The largest absolute Gasteiger partial charge is 0.454 e. The molecule has 7 nitrogen and oxygen atoms in total. The van der Waals surface area contributed by atoms with Gasteiger partial charge in [-0.25, -0.2) is 4.79 Å². The van der Waals surface area contributed by atoms with Crippen molar-refractivity contribution in [1.82, 2.24) is 0 Å². The highest BCUT2D eigenvalue weighted by Gasteiger charge is 2.87. The molecule has 0 heterocycles. The van der Waals surface area contributed by atoms with Crippen LogP contribution in [0.2, 0.25) is 0 Å². The van der Waals surface area contributed by atoms with Crippen molar-refractivity contribution >= 4 is 17.7 Å². The van der Waals surface area contributed by atoms with E-state index in [0.717, 1.165) is 0 Å². The molecule has 7 heteroatoms. The molecule has 37 heavy (non-hydrogen) atoms. The van der Waals surface area contributed by atoms with Gasteiger partial charge in [-0.15, -0.1) is 0 Å². The normalized spacial score (nSPS) is 40.8. The Morgan fingerprint density at radius 2 is 1.89 bits per heavy atom. The Kier molecular flexibility index (Phi) is 6.90. The van der Waals surface area contributed by atoms with E-state index in [1.54, 1.807) is 26.8 Å². The number of esters is 2. The van der Waals surface area contributed by atoms with Gasteiger partial charge >= 0.3 is 11.9 Å². The van der Waals surface area contributed by atoms with Crippen LogP contribution >= 0.6 is 0 Å². The molecular weight excluding hydrogens is 472 g/mol. The van der Waals surface area contributed by atoms with E-state index >= 15 is 0 Å². The molecule has 0 spiro atoms. The Labute approximate surface area is 220 Å². The van der Waals surface area contributed by atoms with Crippen molar-refractivity contribution in [2.24, 2.45) is 40.9 Å². The maximum Gasteiger partial charge on any atom is 0.333 e. The number of hydrogen-bond donors (Lipinski definition) is 2. The quantitative estimate of drug-likeness (QED) is 0.314. The Morgan fingerprint density at radius 1 is 1.24 bits per heavy atom. The van der Waals surface area contributed by atoms with Crippen LogP contribution in [0.3, 0.4) is 0 Å². The minimum atomic E-state index is -1.45. The van der Waals surface area contributed by atoms with E-state index in [9.17, 15) is 24.6 Å². The zero-order valence-electron chi connectivity index (χ0n) is 23.3. The Hall–Kier alpha value is -2.25. The number of aliphatic hydroxyl groups excluding tert-OH is 1. The number of rotatable bonds is 6. The lowest BCUT2D eigenvalue weighted by atomic mass is 9.59. The molecule has 0 radical (unpaired) electrons. The Morgan fingerprint density at radius 3 is 2.46 bits per heavy atom. The van der Waals surface area contributed by atoms with E-state index in [2.05, 4.69) is 0 Å². The van der Waals surface area contributed by atoms with E-state index in [4.69, 9.17) is 9.47 Å². The topological polar surface area (TPSA) is 110 Å². The second kappa shape index (κ2) is 9.19. The molecule has 4 aliphatic carbocycles. The molecule has 204 valence electrons. The van der Waals surface area contributed by atoms with Crippen LogP contribution in [0.4, 0.5) is 0 Å². The summed E-state index contributed by atoms with van der Waals surface area (Å²) in [5.41, 5.74) is -1.51. The van der Waals surface area contributed by atoms with Gasteiger partial charge in [-0.3, -0.25) is 9.59 Å². The van der Waals surface area contributed by atoms with E-state index < -0.39 is 52.4 Å². The van der Waals surface area contributed by atoms with Crippen LogP contribution in [0.25, 0.3) is 0 Å². The minimum absolute atomic E-state index is 0.0287. The van der Waals surface area contributed by atoms with Crippen LogP contribution in [0.5, 0.6) is 0 Å². The summed E-state index contributed by atoms with van der Waals surface area (Å²) in [5.74, 6) is -3.79. The first-order chi connectivity index (χ1) is 17.2.